The lowest BCUT2D eigenvalue weighted by atomic mass is 9.78. The molecule has 0 radical (unpaired) electrons. The Bertz CT molecular complexity index is 985. The first kappa shape index (κ1) is 20.0. The first-order chi connectivity index (χ1) is 14.5. The molecule has 3 atom stereocenters. The standard InChI is InChI=1S/C20H20F2N4O4/c1-28-12-3-5-16(24-8-12)18(27)25-11-2-4-15(22)13(6-11)20-10-30-17(7-21)14(20)9-29-19(23)26-20/h2-6,8,14,17H,7,9-10H2,1H3,(H2,23,26)(H,25,27). The third-order valence-electron chi connectivity index (χ3n) is 5.35. The first-order valence-corrected chi connectivity index (χ1v) is 9.24. The molecule has 8 nitrogen and oxygen atoms in total. The molecule has 0 bridgehead atoms. The number of amidine groups is 1. The van der Waals surface area contributed by atoms with Gasteiger partial charge in [0.25, 0.3) is 11.9 Å². The topological polar surface area (TPSA) is 108 Å². The van der Waals surface area contributed by atoms with Crippen LogP contribution in [0.15, 0.2) is 41.5 Å². The number of methoxy groups -OCH3 is 1. The van der Waals surface area contributed by atoms with E-state index >= 15 is 0 Å². The van der Waals surface area contributed by atoms with Crippen molar-refractivity contribution in [3.8, 4) is 5.75 Å². The molecule has 3 N–H and O–H groups in total. The van der Waals surface area contributed by atoms with Crippen molar-refractivity contribution in [3.63, 3.8) is 0 Å². The number of nitrogens with one attached hydrogen (secondary N) is 1. The molecule has 1 saturated heterocycles. The van der Waals surface area contributed by atoms with E-state index in [4.69, 9.17) is 19.9 Å². The number of alkyl halides is 1. The van der Waals surface area contributed by atoms with E-state index in [0.29, 0.717) is 11.4 Å². The molecule has 3 heterocycles. The maximum Gasteiger partial charge on any atom is 0.282 e. The normalized spacial score (nSPS) is 25.1. The van der Waals surface area contributed by atoms with Crippen LogP contribution in [0.25, 0.3) is 0 Å². The molecule has 0 saturated carbocycles. The maximum absolute atomic E-state index is 14.8. The van der Waals surface area contributed by atoms with Crippen LogP contribution in [0.3, 0.4) is 0 Å². The molecule has 0 spiro atoms. The summed E-state index contributed by atoms with van der Waals surface area (Å²) in [5, 5.41) is 2.68. The number of amides is 1. The lowest BCUT2D eigenvalue weighted by Gasteiger charge is -2.35. The molecule has 2 aliphatic heterocycles. The van der Waals surface area contributed by atoms with Gasteiger partial charge in [-0.15, -0.1) is 0 Å². The number of carbonyl (C=O) groups excluding carboxylic acids is 1. The number of benzene rings is 1. The number of pyridine rings is 1. The summed E-state index contributed by atoms with van der Waals surface area (Å²) in [6, 6.07) is 7.07. The number of fused-ring (bicyclic) bond motifs is 1. The van der Waals surface area contributed by atoms with Crippen molar-refractivity contribution in [3.05, 3.63) is 53.6 Å². The molecule has 4 rings (SSSR count). The average molecular weight is 418 g/mol. The largest absolute Gasteiger partial charge is 0.495 e. The van der Waals surface area contributed by atoms with Crippen molar-refractivity contribution in [1.29, 1.82) is 0 Å². The molecule has 1 amide bonds. The van der Waals surface area contributed by atoms with Crippen LogP contribution in [0.4, 0.5) is 14.5 Å². The van der Waals surface area contributed by atoms with Crippen molar-refractivity contribution < 1.29 is 27.8 Å². The lowest BCUT2D eigenvalue weighted by Crippen LogP contribution is -2.45. The van der Waals surface area contributed by atoms with Crippen LogP contribution >= 0.6 is 0 Å². The Morgan fingerprint density at radius 3 is 2.93 bits per heavy atom. The number of nitrogens with two attached hydrogens (primary N) is 1. The number of hydrogen-bond acceptors (Lipinski definition) is 7. The van der Waals surface area contributed by atoms with Crippen LogP contribution in [0.1, 0.15) is 16.1 Å². The second-order valence-corrected chi connectivity index (χ2v) is 7.03. The summed E-state index contributed by atoms with van der Waals surface area (Å²) in [6.45, 7) is -0.757. The molecular weight excluding hydrogens is 398 g/mol. The van der Waals surface area contributed by atoms with Gasteiger partial charge in [0, 0.05) is 11.3 Å². The maximum atomic E-state index is 14.8. The predicted octanol–water partition coefficient (Wildman–Crippen LogP) is 2.01. The Kier molecular flexibility index (Phi) is 5.25. The fourth-order valence-electron chi connectivity index (χ4n) is 3.78. The number of aromatic nitrogens is 1. The predicted molar refractivity (Wildman–Crippen MR) is 104 cm³/mol. The quantitative estimate of drug-likeness (QED) is 0.769. The zero-order valence-corrected chi connectivity index (χ0v) is 16.1. The number of anilines is 1. The molecule has 0 aliphatic carbocycles. The molecule has 1 aromatic heterocycles. The van der Waals surface area contributed by atoms with Crippen molar-refractivity contribution in [2.45, 2.75) is 11.6 Å². The van der Waals surface area contributed by atoms with Gasteiger partial charge in [-0.25, -0.2) is 18.8 Å². The van der Waals surface area contributed by atoms with E-state index in [2.05, 4.69) is 15.3 Å². The SMILES string of the molecule is COc1ccc(C(=O)Nc2ccc(F)c(C34COC(CF)C3COC(N)=N4)c2)nc1. The van der Waals surface area contributed by atoms with Crippen molar-refractivity contribution in [2.75, 3.05) is 32.3 Å². The number of hydrogen-bond donors (Lipinski definition) is 2. The van der Waals surface area contributed by atoms with E-state index in [9.17, 15) is 13.6 Å². The van der Waals surface area contributed by atoms with E-state index in [1.807, 2.05) is 0 Å². The minimum atomic E-state index is -1.23. The highest BCUT2D eigenvalue weighted by molar-refractivity contribution is 6.02. The highest BCUT2D eigenvalue weighted by Crippen LogP contribution is 2.46. The van der Waals surface area contributed by atoms with E-state index < -0.39 is 36.0 Å². The lowest BCUT2D eigenvalue weighted by molar-refractivity contribution is 0.0528. The average Bonchev–Trinajstić information content (AvgIpc) is 3.13. The highest BCUT2D eigenvalue weighted by Gasteiger charge is 2.55. The van der Waals surface area contributed by atoms with E-state index in [1.165, 1.54) is 37.6 Å². The van der Waals surface area contributed by atoms with Crippen molar-refractivity contribution >= 4 is 17.6 Å². The molecule has 30 heavy (non-hydrogen) atoms. The van der Waals surface area contributed by atoms with Crippen LogP contribution < -0.4 is 15.8 Å². The number of carbonyl (C=O) groups is 1. The van der Waals surface area contributed by atoms with Crippen LogP contribution in [-0.4, -0.2) is 50.0 Å². The minimum Gasteiger partial charge on any atom is -0.495 e. The number of halogens is 2. The van der Waals surface area contributed by atoms with Crippen molar-refractivity contribution in [1.82, 2.24) is 4.98 Å². The summed E-state index contributed by atoms with van der Waals surface area (Å²) in [4.78, 5) is 20.8. The fraction of sp³-hybridized carbons (Fsp3) is 0.350. The van der Waals surface area contributed by atoms with Gasteiger partial charge in [-0.3, -0.25) is 4.79 Å². The van der Waals surface area contributed by atoms with Gasteiger partial charge in [0.2, 0.25) is 0 Å². The molecule has 2 aliphatic rings. The van der Waals surface area contributed by atoms with Gasteiger partial charge < -0.3 is 25.3 Å². The fourth-order valence-corrected chi connectivity index (χ4v) is 3.78. The summed E-state index contributed by atoms with van der Waals surface area (Å²) in [6.07, 6.45) is 0.629. The van der Waals surface area contributed by atoms with Gasteiger partial charge >= 0.3 is 0 Å². The smallest absolute Gasteiger partial charge is 0.282 e. The summed E-state index contributed by atoms with van der Waals surface area (Å²) < 4.78 is 44.1. The highest BCUT2D eigenvalue weighted by atomic mass is 19.1. The van der Waals surface area contributed by atoms with Gasteiger partial charge in [0.05, 0.1) is 38.5 Å². The summed E-state index contributed by atoms with van der Waals surface area (Å²) in [5.41, 5.74) is 5.14. The monoisotopic (exact) mass is 418 g/mol. The van der Waals surface area contributed by atoms with Crippen LogP contribution in [0.5, 0.6) is 5.75 Å². The Balaban J connectivity index is 1.66. The van der Waals surface area contributed by atoms with Gasteiger partial charge in [-0.1, -0.05) is 0 Å². The molecule has 2 aromatic rings. The summed E-state index contributed by atoms with van der Waals surface area (Å²) in [7, 11) is 1.50. The second-order valence-electron chi connectivity index (χ2n) is 7.03. The number of ether oxygens (including phenoxy) is 3. The second kappa shape index (κ2) is 7.86. The number of rotatable bonds is 5. The van der Waals surface area contributed by atoms with Crippen LogP contribution in [-0.2, 0) is 15.0 Å². The van der Waals surface area contributed by atoms with E-state index in [0.717, 1.165) is 0 Å². The van der Waals surface area contributed by atoms with Gasteiger partial charge in [0.15, 0.2) is 0 Å². The first-order valence-electron chi connectivity index (χ1n) is 9.24. The third kappa shape index (κ3) is 3.43. The molecule has 3 unspecified atom stereocenters. The Labute approximate surface area is 171 Å². The Morgan fingerprint density at radius 1 is 1.40 bits per heavy atom. The van der Waals surface area contributed by atoms with Crippen LogP contribution in [0.2, 0.25) is 0 Å². The van der Waals surface area contributed by atoms with E-state index in [-0.39, 0.29) is 30.5 Å². The Morgan fingerprint density at radius 2 is 2.23 bits per heavy atom. The molecule has 1 aromatic carbocycles. The molecule has 10 heteroatoms. The number of nitrogens with zero attached hydrogens (tertiary/aromatic N) is 2. The van der Waals surface area contributed by atoms with Gasteiger partial charge in [-0.05, 0) is 30.3 Å². The zero-order valence-electron chi connectivity index (χ0n) is 16.1. The summed E-state index contributed by atoms with van der Waals surface area (Å²) in [5.74, 6) is -1.09. The third-order valence-corrected chi connectivity index (χ3v) is 5.35. The Hall–Kier alpha value is -3.27. The molecular formula is C20H20F2N4O4. The van der Waals surface area contributed by atoms with Gasteiger partial charge in [0.1, 0.15) is 29.5 Å². The molecule has 158 valence electrons. The van der Waals surface area contributed by atoms with Crippen LogP contribution in [0, 0.1) is 11.7 Å². The van der Waals surface area contributed by atoms with Crippen molar-refractivity contribution in [2.24, 2.45) is 16.6 Å². The minimum absolute atomic E-state index is 0.0509. The summed E-state index contributed by atoms with van der Waals surface area (Å²) >= 11 is 0. The number of aliphatic imine (C=N–C) groups is 1. The van der Waals surface area contributed by atoms with E-state index in [1.54, 1.807) is 6.07 Å². The van der Waals surface area contributed by atoms with Gasteiger partial charge in [-0.2, -0.15) is 0 Å². The zero-order chi connectivity index (χ0) is 21.3. The molecule has 1 fully saturated rings.